The van der Waals surface area contributed by atoms with E-state index in [9.17, 15) is 19.5 Å². The third-order valence-corrected chi connectivity index (χ3v) is 8.01. The maximum absolute atomic E-state index is 13.0. The van der Waals surface area contributed by atoms with Crippen molar-refractivity contribution < 1.29 is 24.2 Å². The summed E-state index contributed by atoms with van der Waals surface area (Å²) in [5, 5.41) is 15.1. The average molecular weight is 497 g/mol. The minimum atomic E-state index is -0.915. The largest absolute Gasteiger partial charge is 0.481 e. The van der Waals surface area contributed by atoms with Crippen molar-refractivity contribution in [3.8, 4) is 11.1 Å². The van der Waals surface area contributed by atoms with Crippen LogP contribution in [0.25, 0.3) is 11.1 Å². The number of hydrogen-bond donors (Lipinski definition) is 3. The average Bonchev–Trinajstić information content (AvgIpc) is 3.17. The highest BCUT2D eigenvalue weighted by atomic mass is 32.2. The summed E-state index contributed by atoms with van der Waals surface area (Å²) in [5.41, 5.74) is 3.89. The van der Waals surface area contributed by atoms with Crippen LogP contribution >= 0.6 is 11.8 Å². The number of carboxylic acid groups (broad SMARTS) is 1. The normalized spacial score (nSPS) is 17.1. The quantitative estimate of drug-likeness (QED) is 0.475. The van der Waals surface area contributed by atoms with Gasteiger partial charge in [-0.2, -0.15) is 11.8 Å². The van der Waals surface area contributed by atoms with Gasteiger partial charge in [0.15, 0.2) is 0 Å². The van der Waals surface area contributed by atoms with E-state index in [1.807, 2.05) is 31.2 Å². The van der Waals surface area contributed by atoms with E-state index in [4.69, 9.17) is 4.74 Å². The molecule has 1 fully saturated rings. The molecule has 0 spiro atoms. The summed E-state index contributed by atoms with van der Waals surface area (Å²) in [5.74, 6) is 0.0147. The third-order valence-electron chi connectivity index (χ3n) is 7.03. The molecular formula is C27H32N2O5S. The van der Waals surface area contributed by atoms with Crippen molar-refractivity contribution in [3.05, 3.63) is 59.7 Å². The fraction of sp³-hybridized carbons (Fsp3) is 0.444. The lowest BCUT2D eigenvalue weighted by Gasteiger charge is -2.37. The number of carbonyl (C=O) groups is 3. The molecule has 1 saturated heterocycles. The van der Waals surface area contributed by atoms with Gasteiger partial charge < -0.3 is 20.5 Å². The predicted octanol–water partition coefficient (Wildman–Crippen LogP) is 4.41. The van der Waals surface area contributed by atoms with Crippen LogP contribution in [0, 0.1) is 5.92 Å². The van der Waals surface area contributed by atoms with Crippen molar-refractivity contribution in [3.63, 3.8) is 0 Å². The fourth-order valence-electron chi connectivity index (χ4n) is 5.04. The molecule has 2 amide bonds. The standard InChI is InChI=1S/C27H32N2O5S/c1-2-18(25(32)29-27(15-24(30)31)11-13-35-14-12-27)16-28-26(33)34-17-23-21-9-5-3-7-19(21)20-8-4-6-10-22(20)23/h3-10,18,23H,2,11-17H2,1H3,(H,28,33)(H,29,32)(H,30,31). The first kappa shape index (κ1) is 25.1. The highest BCUT2D eigenvalue weighted by Crippen LogP contribution is 2.44. The van der Waals surface area contributed by atoms with Gasteiger partial charge in [-0.25, -0.2) is 4.79 Å². The molecule has 2 aromatic carbocycles. The third kappa shape index (κ3) is 5.81. The summed E-state index contributed by atoms with van der Waals surface area (Å²) >= 11 is 1.77. The molecule has 1 aliphatic heterocycles. The number of amides is 2. The highest BCUT2D eigenvalue weighted by molar-refractivity contribution is 7.99. The van der Waals surface area contributed by atoms with E-state index in [2.05, 4.69) is 34.9 Å². The minimum absolute atomic E-state index is 0.0292. The van der Waals surface area contributed by atoms with Crippen molar-refractivity contribution in [2.24, 2.45) is 5.92 Å². The molecule has 4 rings (SSSR count). The molecule has 7 nitrogen and oxygen atoms in total. The number of aliphatic carboxylic acids is 1. The zero-order valence-electron chi connectivity index (χ0n) is 19.9. The van der Waals surface area contributed by atoms with E-state index in [0.29, 0.717) is 19.3 Å². The van der Waals surface area contributed by atoms with Crippen molar-refractivity contribution in [1.82, 2.24) is 10.6 Å². The van der Waals surface area contributed by atoms with Gasteiger partial charge >= 0.3 is 12.1 Å². The molecule has 8 heteroatoms. The molecular weight excluding hydrogens is 464 g/mol. The number of thioether (sulfide) groups is 1. The van der Waals surface area contributed by atoms with Crippen LogP contribution in [0.1, 0.15) is 49.7 Å². The van der Waals surface area contributed by atoms with Gasteiger partial charge in [-0.15, -0.1) is 0 Å². The zero-order valence-corrected chi connectivity index (χ0v) is 20.7. The Labute approximate surface area is 210 Å². The maximum Gasteiger partial charge on any atom is 0.407 e. The summed E-state index contributed by atoms with van der Waals surface area (Å²) in [6, 6.07) is 16.3. The van der Waals surface area contributed by atoms with Crippen LogP contribution in [-0.4, -0.2) is 53.3 Å². The number of nitrogens with one attached hydrogen (secondary N) is 2. The van der Waals surface area contributed by atoms with Gasteiger partial charge in [-0.1, -0.05) is 55.5 Å². The Kier molecular flexibility index (Phi) is 8.00. The summed E-state index contributed by atoms with van der Waals surface area (Å²) in [6.45, 7) is 2.23. The number of carbonyl (C=O) groups excluding carboxylic acids is 2. The van der Waals surface area contributed by atoms with E-state index in [0.717, 1.165) is 33.8 Å². The molecule has 0 radical (unpaired) electrons. The molecule has 2 aliphatic rings. The Balaban J connectivity index is 1.32. The van der Waals surface area contributed by atoms with Gasteiger partial charge in [-0.3, -0.25) is 9.59 Å². The van der Waals surface area contributed by atoms with Gasteiger partial charge in [0.05, 0.1) is 17.9 Å². The fourth-order valence-corrected chi connectivity index (χ4v) is 6.31. The van der Waals surface area contributed by atoms with Crippen molar-refractivity contribution in [1.29, 1.82) is 0 Å². The van der Waals surface area contributed by atoms with Crippen LogP contribution in [0.15, 0.2) is 48.5 Å². The maximum atomic E-state index is 13.0. The topological polar surface area (TPSA) is 105 Å². The van der Waals surface area contributed by atoms with Crippen LogP contribution in [-0.2, 0) is 14.3 Å². The molecule has 1 heterocycles. The minimum Gasteiger partial charge on any atom is -0.481 e. The van der Waals surface area contributed by atoms with Gasteiger partial charge in [0.2, 0.25) is 5.91 Å². The number of alkyl carbamates (subject to hydrolysis) is 1. The molecule has 0 saturated carbocycles. The van der Waals surface area contributed by atoms with Gasteiger partial charge in [-0.05, 0) is 53.0 Å². The van der Waals surface area contributed by atoms with Gasteiger partial charge in [0.1, 0.15) is 6.61 Å². The van der Waals surface area contributed by atoms with Crippen LogP contribution < -0.4 is 10.6 Å². The first-order valence-corrected chi connectivity index (χ1v) is 13.3. The summed E-state index contributed by atoms with van der Waals surface area (Å²) in [7, 11) is 0. The molecule has 1 aliphatic carbocycles. The number of fused-ring (bicyclic) bond motifs is 3. The molecule has 35 heavy (non-hydrogen) atoms. The summed E-state index contributed by atoms with van der Waals surface area (Å²) in [6.07, 6.45) is 1.13. The van der Waals surface area contributed by atoms with Crippen LogP contribution in [0.4, 0.5) is 4.79 Å². The summed E-state index contributed by atoms with van der Waals surface area (Å²) in [4.78, 5) is 36.9. The van der Waals surface area contributed by atoms with Crippen molar-refractivity contribution in [2.75, 3.05) is 24.7 Å². The number of rotatable bonds is 9. The predicted molar refractivity (Wildman–Crippen MR) is 137 cm³/mol. The summed E-state index contributed by atoms with van der Waals surface area (Å²) < 4.78 is 5.57. The first-order chi connectivity index (χ1) is 16.9. The van der Waals surface area contributed by atoms with E-state index in [1.165, 1.54) is 0 Å². The second-order valence-electron chi connectivity index (χ2n) is 9.26. The van der Waals surface area contributed by atoms with E-state index in [1.54, 1.807) is 11.8 Å². The van der Waals surface area contributed by atoms with Gasteiger partial charge in [0, 0.05) is 12.5 Å². The SMILES string of the molecule is CCC(CNC(=O)OCC1c2ccccc2-c2ccccc21)C(=O)NC1(CC(=O)O)CCSCC1. The van der Waals surface area contributed by atoms with E-state index < -0.39 is 23.5 Å². The number of benzene rings is 2. The Hall–Kier alpha value is -3.00. The number of carboxylic acids is 1. The molecule has 0 bridgehead atoms. The lowest BCUT2D eigenvalue weighted by atomic mass is 9.87. The van der Waals surface area contributed by atoms with Crippen LogP contribution in [0.2, 0.25) is 0 Å². The molecule has 186 valence electrons. The highest BCUT2D eigenvalue weighted by Gasteiger charge is 2.37. The molecule has 2 aromatic rings. The Morgan fingerprint density at radius 3 is 2.23 bits per heavy atom. The molecule has 0 aromatic heterocycles. The van der Waals surface area contributed by atoms with E-state index >= 15 is 0 Å². The zero-order chi connectivity index (χ0) is 24.8. The lowest BCUT2D eigenvalue weighted by Crippen LogP contribution is -2.54. The van der Waals surface area contributed by atoms with Crippen molar-refractivity contribution in [2.45, 2.75) is 44.1 Å². The Bertz CT molecular complexity index is 1040. The Morgan fingerprint density at radius 2 is 1.66 bits per heavy atom. The smallest absolute Gasteiger partial charge is 0.407 e. The molecule has 3 N–H and O–H groups in total. The van der Waals surface area contributed by atoms with Gasteiger partial charge in [0.25, 0.3) is 0 Å². The second-order valence-corrected chi connectivity index (χ2v) is 10.5. The number of hydrogen-bond acceptors (Lipinski definition) is 5. The second kappa shape index (κ2) is 11.2. The van der Waals surface area contributed by atoms with Crippen LogP contribution in [0.3, 0.4) is 0 Å². The Morgan fingerprint density at radius 1 is 1.06 bits per heavy atom. The van der Waals surface area contributed by atoms with Crippen LogP contribution in [0.5, 0.6) is 0 Å². The number of ether oxygens (including phenoxy) is 1. The molecule has 1 unspecified atom stereocenters. The van der Waals surface area contributed by atoms with E-state index in [-0.39, 0.29) is 31.4 Å². The van der Waals surface area contributed by atoms with Crippen molar-refractivity contribution >= 4 is 29.7 Å². The monoisotopic (exact) mass is 496 g/mol. The molecule has 1 atom stereocenters. The first-order valence-electron chi connectivity index (χ1n) is 12.1. The lowest BCUT2D eigenvalue weighted by molar-refractivity contribution is -0.139.